The summed E-state index contributed by atoms with van der Waals surface area (Å²) in [7, 11) is 2.93. The summed E-state index contributed by atoms with van der Waals surface area (Å²) < 4.78 is 10.3. The van der Waals surface area contributed by atoms with Crippen molar-refractivity contribution in [1.29, 1.82) is 0 Å². The van der Waals surface area contributed by atoms with Crippen molar-refractivity contribution in [1.82, 2.24) is 0 Å². The molecule has 0 aliphatic carbocycles. The second-order valence-electron chi connectivity index (χ2n) is 5.79. The zero-order chi connectivity index (χ0) is 19.1. The molecular weight excluding hydrogens is 381 g/mol. The van der Waals surface area contributed by atoms with E-state index in [0.29, 0.717) is 16.5 Å². The lowest BCUT2D eigenvalue weighted by Crippen LogP contribution is -2.36. The molecule has 2 N–H and O–H groups in total. The van der Waals surface area contributed by atoms with Crippen molar-refractivity contribution in [2.24, 2.45) is 0 Å². The van der Waals surface area contributed by atoms with E-state index in [1.54, 1.807) is 6.07 Å². The van der Waals surface area contributed by atoms with Gasteiger partial charge in [0.25, 0.3) is 5.91 Å². The van der Waals surface area contributed by atoms with Crippen molar-refractivity contribution >= 4 is 40.6 Å². The van der Waals surface area contributed by atoms with Crippen LogP contribution >= 0.6 is 23.2 Å². The molecule has 0 spiro atoms. The van der Waals surface area contributed by atoms with Crippen molar-refractivity contribution in [3.05, 3.63) is 51.5 Å². The number of Topliss-reactive ketones (excluding diaryl/α,β-unsaturated/α-hetero) is 1. The summed E-state index contributed by atoms with van der Waals surface area (Å²) in [4.78, 5) is 25.0. The number of ketones is 1. The molecule has 1 aliphatic heterocycles. The minimum absolute atomic E-state index is 0.105. The summed E-state index contributed by atoms with van der Waals surface area (Å²) in [6, 6.07) is 7.48. The van der Waals surface area contributed by atoms with Gasteiger partial charge in [0.05, 0.1) is 31.4 Å². The van der Waals surface area contributed by atoms with Crippen molar-refractivity contribution in [2.75, 3.05) is 19.5 Å². The lowest BCUT2D eigenvalue weighted by molar-refractivity contribution is -0.133. The monoisotopic (exact) mass is 395 g/mol. The number of halogens is 2. The Bertz CT molecular complexity index is 915. The molecule has 0 saturated heterocycles. The number of aliphatic hydroxyl groups is 1. The molecule has 0 radical (unpaired) electrons. The van der Waals surface area contributed by atoms with Gasteiger partial charge in [-0.05, 0) is 30.3 Å². The average molecular weight is 396 g/mol. The molecule has 136 valence electrons. The van der Waals surface area contributed by atoms with E-state index < -0.39 is 23.7 Å². The first-order valence-corrected chi connectivity index (χ1v) is 8.34. The standard InChI is InChI=1S/C18H15Cl2NO5/c1-25-14-4-3-9(5-15(14)26-2)13(22)8-18(24)16-11(20)6-10(19)7-12(16)21-17(18)23/h3-7,24H,8H2,1-2H3,(H,21,23)/t18-/m0/s1. The van der Waals surface area contributed by atoms with Gasteiger partial charge >= 0.3 is 0 Å². The van der Waals surface area contributed by atoms with Gasteiger partial charge in [-0.3, -0.25) is 9.59 Å². The van der Waals surface area contributed by atoms with Gasteiger partial charge < -0.3 is 19.9 Å². The smallest absolute Gasteiger partial charge is 0.261 e. The number of rotatable bonds is 5. The molecule has 1 amide bonds. The highest BCUT2D eigenvalue weighted by atomic mass is 35.5. The molecule has 6 nitrogen and oxygen atoms in total. The Hall–Kier alpha value is -2.28. The lowest BCUT2D eigenvalue weighted by Gasteiger charge is -2.21. The van der Waals surface area contributed by atoms with Gasteiger partial charge in [0.1, 0.15) is 0 Å². The summed E-state index contributed by atoms with van der Waals surface area (Å²) in [5, 5.41) is 13.9. The quantitative estimate of drug-likeness (QED) is 0.757. The van der Waals surface area contributed by atoms with E-state index in [-0.39, 0.29) is 21.8 Å². The van der Waals surface area contributed by atoms with Gasteiger partial charge in [0.15, 0.2) is 22.9 Å². The second kappa shape index (κ2) is 6.79. The van der Waals surface area contributed by atoms with Gasteiger partial charge in [-0.25, -0.2) is 0 Å². The van der Waals surface area contributed by atoms with Crippen molar-refractivity contribution in [3.63, 3.8) is 0 Å². The highest BCUT2D eigenvalue weighted by molar-refractivity contribution is 6.36. The maximum absolute atomic E-state index is 12.7. The Balaban J connectivity index is 1.97. The number of nitrogens with one attached hydrogen (secondary N) is 1. The van der Waals surface area contributed by atoms with Crippen LogP contribution in [0.15, 0.2) is 30.3 Å². The fraction of sp³-hybridized carbons (Fsp3) is 0.222. The molecule has 2 aromatic rings. The number of hydrogen-bond acceptors (Lipinski definition) is 5. The molecule has 2 aromatic carbocycles. The van der Waals surface area contributed by atoms with Crippen LogP contribution in [0.25, 0.3) is 0 Å². The summed E-state index contributed by atoms with van der Waals surface area (Å²) in [6.45, 7) is 0. The van der Waals surface area contributed by atoms with E-state index in [0.717, 1.165) is 0 Å². The molecule has 0 unspecified atom stereocenters. The minimum Gasteiger partial charge on any atom is -0.493 e. The fourth-order valence-corrected chi connectivity index (χ4v) is 3.59. The average Bonchev–Trinajstić information content (AvgIpc) is 2.84. The minimum atomic E-state index is -2.08. The lowest BCUT2D eigenvalue weighted by atomic mass is 9.88. The molecule has 1 atom stereocenters. The molecule has 1 heterocycles. The third-order valence-corrected chi connectivity index (χ3v) is 4.73. The summed E-state index contributed by atoms with van der Waals surface area (Å²) in [5.74, 6) is -0.358. The van der Waals surface area contributed by atoms with Crippen LogP contribution in [0, 0.1) is 0 Å². The predicted octanol–water partition coefficient (Wildman–Crippen LogP) is 3.42. The molecule has 0 aromatic heterocycles. The van der Waals surface area contributed by atoms with Crippen LogP contribution < -0.4 is 14.8 Å². The number of benzene rings is 2. The fourth-order valence-electron chi connectivity index (χ4n) is 2.94. The molecule has 0 bridgehead atoms. The second-order valence-corrected chi connectivity index (χ2v) is 6.64. The first-order chi connectivity index (χ1) is 12.3. The maximum atomic E-state index is 12.7. The van der Waals surface area contributed by atoms with Crippen LogP contribution in [0.5, 0.6) is 11.5 Å². The van der Waals surface area contributed by atoms with Gasteiger partial charge in [0, 0.05) is 16.1 Å². The van der Waals surface area contributed by atoms with Crippen LogP contribution in [0.1, 0.15) is 22.3 Å². The van der Waals surface area contributed by atoms with Crippen molar-refractivity contribution < 1.29 is 24.2 Å². The SMILES string of the molecule is COc1ccc(C(=O)C[C@@]2(O)C(=O)Nc3cc(Cl)cc(Cl)c32)cc1OC. The normalized spacial score (nSPS) is 18.3. The van der Waals surface area contributed by atoms with Crippen molar-refractivity contribution in [2.45, 2.75) is 12.0 Å². The highest BCUT2D eigenvalue weighted by Gasteiger charge is 2.48. The number of hydrogen-bond donors (Lipinski definition) is 2. The molecule has 8 heteroatoms. The van der Waals surface area contributed by atoms with E-state index in [9.17, 15) is 14.7 Å². The van der Waals surface area contributed by atoms with E-state index in [4.69, 9.17) is 32.7 Å². The molecule has 1 aliphatic rings. The number of carbonyl (C=O) groups is 2. The largest absolute Gasteiger partial charge is 0.493 e. The zero-order valence-corrected chi connectivity index (χ0v) is 15.4. The van der Waals surface area contributed by atoms with Gasteiger partial charge in [-0.2, -0.15) is 0 Å². The molecule has 0 fully saturated rings. The molecule has 26 heavy (non-hydrogen) atoms. The number of ether oxygens (including phenoxy) is 2. The Morgan fingerprint density at radius 3 is 2.50 bits per heavy atom. The maximum Gasteiger partial charge on any atom is 0.261 e. The van der Waals surface area contributed by atoms with E-state index in [2.05, 4.69) is 5.32 Å². The van der Waals surface area contributed by atoms with Gasteiger partial charge in [-0.1, -0.05) is 23.2 Å². The molecule has 0 saturated carbocycles. The van der Waals surface area contributed by atoms with Gasteiger partial charge in [0.2, 0.25) is 0 Å². The van der Waals surface area contributed by atoms with Crippen LogP contribution in [-0.4, -0.2) is 31.0 Å². The third-order valence-electron chi connectivity index (χ3n) is 4.21. The highest BCUT2D eigenvalue weighted by Crippen LogP contribution is 2.44. The topological polar surface area (TPSA) is 84.9 Å². The van der Waals surface area contributed by atoms with Crippen molar-refractivity contribution in [3.8, 4) is 11.5 Å². The molecule has 3 rings (SSSR count). The number of methoxy groups -OCH3 is 2. The third kappa shape index (κ3) is 3.00. The number of amides is 1. The Labute approximate surface area is 159 Å². The first-order valence-electron chi connectivity index (χ1n) is 7.58. The number of carbonyl (C=O) groups excluding carboxylic acids is 2. The van der Waals surface area contributed by atoms with Crippen LogP contribution in [0.3, 0.4) is 0 Å². The van der Waals surface area contributed by atoms with E-state index in [1.165, 1.54) is 38.5 Å². The van der Waals surface area contributed by atoms with Crippen LogP contribution in [0.2, 0.25) is 10.0 Å². The predicted molar refractivity (Wildman–Crippen MR) is 97.5 cm³/mol. The zero-order valence-electron chi connectivity index (χ0n) is 13.9. The Morgan fingerprint density at radius 2 is 1.85 bits per heavy atom. The number of fused-ring (bicyclic) bond motifs is 1. The Morgan fingerprint density at radius 1 is 1.15 bits per heavy atom. The summed E-state index contributed by atoms with van der Waals surface area (Å²) >= 11 is 12.1. The summed E-state index contributed by atoms with van der Waals surface area (Å²) in [6.07, 6.45) is -0.483. The van der Waals surface area contributed by atoms with E-state index in [1.807, 2.05) is 0 Å². The van der Waals surface area contributed by atoms with E-state index >= 15 is 0 Å². The number of anilines is 1. The van der Waals surface area contributed by atoms with Crippen LogP contribution in [-0.2, 0) is 10.4 Å². The Kier molecular flexibility index (Phi) is 4.84. The summed E-state index contributed by atoms with van der Waals surface area (Å²) in [5.41, 5.74) is -1.39. The van der Waals surface area contributed by atoms with Gasteiger partial charge in [-0.15, -0.1) is 0 Å². The molecular formula is C18H15Cl2NO5. The van der Waals surface area contributed by atoms with Crippen LogP contribution in [0.4, 0.5) is 5.69 Å². The first kappa shape index (κ1) is 18.5.